The predicted molar refractivity (Wildman–Crippen MR) is 139 cm³/mol. The van der Waals surface area contributed by atoms with Gasteiger partial charge in [0.25, 0.3) is 0 Å². The van der Waals surface area contributed by atoms with Crippen LogP contribution in [-0.2, 0) is 14.4 Å². The quantitative estimate of drug-likeness (QED) is 0.319. The fraction of sp³-hybridized carbons (Fsp3) is 0.483. The molecule has 1 aromatic carbocycles. The zero-order valence-electron chi connectivity index (χ0n) is 21.3. The number of hydrogen-bond acceptors (Lipinski definition) is 4. The maximum Gasteiger partial charge on any atom is 0.306 e. The number of carbonyl (C=O) groups is 3. The summed E-state index contributed by atoms with van der Waals surface area (Å²) in [6, 6.07) is 7.84. The number of ketones is 1. The van der Waals surface area contributed by atoms with Crippen molar-refractivity contribution in [1.82, 2.24) is 4.90 Å². The van der Waals surface area contributed by atoms with Crippen LogP contribution in [0.4, 0.5) is 0 Å². The lowest BCUT2D eigenvalue weighted by Crippen LogP contribution is -2.21. The van der Waals surface area contributed by atoms with E-state index in [1.54, 1.807) is 26.1 Å². The molecule has 0 saturated carbocycles. The number of carboxylic acid groups (broad SMARTS) is 1. The van der Waals surface area contributed by atoms with Crippen molar-refractivity contribution in [1.29, 1.82) is 0 Å². The Labute approximate surface area is 209 Å². The van der Waals surface area contributed by atoms with Gasteiger partial charge in [-0.15, -0.1) is 0 Å². The summed E-state index contributed by atoms with van der Waals surface area (Å²) in [4.78, 5) is 37.5. The first-order valence-electron chi connectivity index (χ1n) is 12.5. The van der Waals surface area contributed by atoms with E-state index in [2.05, 4.69) is 12.2 Å². The molecule has 6 nitrogen and oxygen atoms in total. The summed E-state index contributed by atoms with van der Waals surface area (Å²) in [6.45, 7) is 0. The molecule has 1 amide bonds. The maximum absolute atomic E-state index is 12.4. The molecule has 1 unspecified atom stereocenters. The first kappa shape index (κ1) is 28.1. The molecule has 0 aliphatic heterocycles. The molecule has 0 bridgehead atoms. The summed E-state index contributed by atoms with van der Waals surface area (Å²) in [5, 5.41) is 9.71. The highest BCUT2D eigenvalue weighted by Crippen LogP contribution is 2.26. The average Bonchev–Trinajstić information content (AvgIpc) is 2.84. The minimum absolute atomic E-state index is 0.0187. The standard InChI is InChI=1S/C29H39NO5/c1-30(2)28(32)13-9-8-11-23-16-19-27(31)25(20-23)21-24(29(33)34)12-7-5-4-6-10-22-14-17-26(35-3)18-15-22/h6,10,14-18,20,24H,4-5,7-9,11-13,19,21H2,1-3H3,(H,33,34)/b10-6+. The fourth-order valence-corrected chi connectivity index (χ4v) is 4.06. The molecule has 1 atom stereocenters. The lowest BCUT2D eigenvalue weighted by molar-refractivity contribution is -0.142. The van der Waals surface area contributed by atoms with Crippen LogP contribution < -0.4 is 4.74 Å². The van der Waals surface area contributed by atoms with Gasteiger partial charge in [0.2, 0.25) is 5.91 Å². The number of Topliss-reactive ketones (excluding diaryl/α,β-unsaturated/α-hetero) is 1. The summed E-state index contributed by atoms with van der Waals surface area (Å²) in [6.07, 6.45) is 14.7. The Morgan fingerprint density at radius 2 is 1.86 bits per heavy atom. The molecule has 2 rings (SSSR count). The van der Waals surface area contributed by atoms with Crippen molar-refractivity contribution in [3.63, 3.8) is 0 Å². The van der Waals surface area contributed by atoms with Crippen LogP contribution in [0.2, 0.25) is 0 Å². The Bertz CT molecular complexity index is 940. The summed E-state index contributed by atoms with van der Waals surface area (Å²) >= 11 is 0. The van der Waals surface area contributed by atoms with Crippen LogP contribution in [0, 0.1) is 5.92 Å². The number of unbranched alkanes of at least 4 members (excludes halogenated alkanes) is 3. The van der Waals surface area contributed by atoms with Crippen molar-refractivity contribution in [3.8, 4) is 5.75 Å². The monoisotopic (exact) mass is 481 g/mol. The smallest absolute Gasteiger partial charge is 0.306 e. The van der Waals surface area contributed by atoms with Gasteiger partial charge >= 0.3 is 5.97 Å². The molecule has 1 aliphatic carbocycles. The first-order chi connectivity index (χ1) is 16.8. The molecule has 1 aromatic rings. The number of rotatable bonds is 15. The van der Waals surface area contributed by atoms with Crippen LogP contribution in [0.15, 0.2) is 53.6 Å². The Hall–Kier alpha value is -3.15. The molecule has 1 N–H and O–H groups in total. The summed E-state index contributed by atoms with van der Waals surface area (Å²) in [5.74, 6) is -0.425. The molecule has 0 aromatic heterocycles. The molecule has 0 fully saturated rings. The second-order valence-corrected chi connectivity index (χ2v) is 9.27. The minimum atomic E-state index is -0.842. The SMILES string of the molecule is COc1ccc(/C=C/CCCCC(CC2=CC(CCCCC(=O)N(C)C)=CCC2=O)C(=O)O)cc1. The number of hydrogen-bond donors (Lipinski definition) is 1. The lowest BCUT2D eigenvalue weighted by Gasteiger charge is -2.17. The lowest BCUT2D eigenvalue weighted by atomic mass is 9.87. The summed E-state index contributed by atoms with van der Waals surface area (Å²) in [7, 11) is 5.15. The van der Waals surface area contributed by atoms with Gasteiger partial charge in [-0.2, -0.15) is 0 Å². The third-order valence-corrected chi connectivity index (χ3v) is 6.29. The third kappa shape index (κ3) is 10.3. The van der Waals surface area contributed by atoms with Crippen LogP contribution in [-0.4, -0.2) is 48.9 Å². The van der Waals surface area contributed by atoms with Gasteiger partial charge in [0, 0.05) is 26.9 Å². The predicted octanol–water partition coefficient (Wildman–Crippen LogP) is 5.83. The van der Waals surface area contributed by atoms with Crippen molar-refractivity contribution in [2.75, 3.05) is 21.2 Å². The van der Waals surface area contributed by atoms with Gasteiger partial charge in [0.15, 0.2) is 5.78 Å². The van der Waals surface area contributed by atoms with E-state index in [1.807, 2.05) is 36.4 Å². The number of nitrogens with zero attached hydrogens (tertiary/aromatic N) is 1. The second kappa shape index (κ2) is 15.0. The van der Waals surface area contributed by atoms with E-state index in [-0.39, 0.29) is 18.1 Å². The van der Waals surface area contributed by atoms with Gasteiger partial charge in [0.05, 0.1) is 13.0 Å². The molecule has 6 heteroatoms. The highest BCUT2D eigenvalue weighted by molar-refractivity contribution is 5.98. The molecule has 1 aliphatic rings. The van der Waals surface area contributed by atoms with Gasteiger partial charge in [-0.05, 0) is 68.2 Å². The fourth-order valence-electron chi connectivity index (χ4n) is 4.06. The average molecular weight is 482 g/mol. The van der Waals surface area contributed by atoms with Crippen molar-refractivity contribution < 1.29 is 24.2 Å². The van der Waals surface area contributed by atoms with Gasteiger partial charge in [0.1, 0.15) is 5.75 Å². The van der Waals surface area contributed by atoms with Crippen LogP contribution in [0.3, 0.4) is 0 Å². The number of ether oxygens (including phenoxy) is 1. The van der Waals surface area contributed by atoms with Gasteiger partial charge in [-0.3, -0.25) is 14.4 Å². The number of benzene rings is 1. The number of aliphatic carboxylic acids is 1. The molecular weight excluding hydrogens is 442 g/mol. The van der Waals surface area contributed by atoms with Crippen molar-refractivity contribution in [2.45, 2.75) is 64.2 Å². The highest BCUT2D eigenvalue weighted by atomic mass is 16.5. The molecule has 35 heavy (non-hydrogen) atoms. The highest BCUT2D eigenvalue weighted by Gasteiger charge is 2.23. The molecule has 0 radical (unpaired) electrons. The zero-order chi connectivity index (χ0) is 25.6. The normalized spacial score (nSPS) is 14.4. The molecule has 0 spiro atoms. The molecule has 0 heterocycles. The van der Waals surface area contributed by atoms with E-state index in [4.69, 9.17) is 4.74 Å². The number of allylic oxidation sites excluding steroid dienone is 5. The Kier molecular flexibility index (Phi) is 12.0. The maximum atomic E-state index is 12.4. The zero-order valence-corrected chi connectivity index (χ0v) is 21.3. The molecule has 190 valence electrons. The summed E-state index contributed by atoms with van der Waals surface area (Å²) in [5.41, 5.74) is 2.80. The largest absolute Gasteiger partial charge is 0.497 e. The number of carboxylic acids is 1. The van der Waals surface area contributed by atoms with E-state index >= 15 is 0 Å². The van der Waals surface area contributed by atoms with E-state index in [9.17, 15) is 19.5 Å². The van der Waals surface area contributed by atoms with Crippen LogP contribution in [0.1, 0.15) is 69.8 Å². The van der Waals surface area contributed by atoms with Gasteiger partial charge in [-0.1, -0.05) is 48.4 Å². The molecular formula is C29H39NO5. The number of carbonyl (C=O) groups excluding carboxylic acids is 2. The van der Waals surface area contributed by atoms with Crippen LogP contribution in [0.25, 0.3) is 6.08 Å². The van der Waals surface area contributed by atoms with Crippen molar-refractivity contribution in [3.05, 3.63) is 59.2 Å². The van der Waals surface area contributed by atoms with Crippen LogP contribution in [0.5, 0.6) is 5.75 Å². The van der Waals surface area contributed by atoms with E-state index < -0.39 is 11.9 Å². The Morgan fingerprint density at radius 1 is 1.11 bits per heavy atom. The first-order valence-corrected chi connectivity index (χ1v) is 12.5. The topological polar surface area (TPSA) is 83.9 Å². The Balaban J connectivity index is 1.77. The van der Waals surface area contributed by atoms with E-state index in [0.717, 1.165) is 55.4 Å². The van der Waals surface area contributed by atoms with Gasteiger partial charge < -0.3 is 14.7 Å². The van der Waals surface area contributed by atoms with E-state index in [1.165, 1.54) is 0 Å². The third-order valence-electron chi connectivity index (χ3n) is 6.29. The van der Waals surface area contributed by atoms with Crippen LogP contribution >= 0.6 is 0 Å². The second-order valence-electron chi connectivity index (χ2n) is 9.27. The van der Waals surface area contributed by atoms with Crippen molar-refractivity contribution >= 4 is 23.7 Å². The van der Waals surface area contributed by atoms with Crippen molar-refractivity contribution in [2.24, 2.45) is 5.92 Å². The number of methoxy groups -OCH3 is 1. The summed E-state index contributed by atoms with van der Waals surface area (Å²) < 4.78 is 5.16. The van der Waals surface area contributed by atoms with Gasteiger partial charge in [-0.25, -0.2) is 0 Å². The van der Waals surface area contributed by atoms with E-state index in [0.29, 0.717) is 24.8 Å². The Morgan fingerprint density at radius 3 is 2.51 bits per heavy atom. The minimum Gasteiger partial charge on any atom is -0.497 e. The number of amides is 1. The molecule has 0 saturated heterocycles.